The van der Waals surface area contributed by atoms with Crippen LogP contribution < -0.4 is 14.8 Å². The van der Waals surface area contributed by atoms with Gasteiger partial charge in [0.1, 0.15) is 24.0 Å². The van der Waals surface area contributed by atoms with E-state index >= 15 is 0 Å². The fraction of sp³-hybridized carbons (Fsp3) is 0.500. The van der Waals surface area contributed by atoms with Gasteiger partial charge < -0.3 is 29.0 Å². The Labute approximate surface area is 205 Å². The van der Waals surface area contributed by atoms with Crippen molar-refractivity contribution in [2.75, 3.05) is 41.2 Å². The normalized spacial score (nSPS) is 21.8. The number of methoxy groups -OCH3 is 3. The number of Topliss-reactive ketones (excluding diaryl/α,β-unsaturated/α-hetero) is 1. The van der Waals surface area contributed by atoms with E-state index in [0.717, 1.165) is 0 Å². The lowest BCUT2D eigenvalue weighted by atomic mass is 9.69. The number of carbonyl (C=O) groups excluding carboxylic acids is 3. The summed E-state index contributed by atoms with van der Waals surface area (Å²) in [5.74, 6) is -2.66. The van der Waals surface area contributed by atoms with Gasteiger partial charge in [-0.15, -0.1) is 0 Å². The molecule has 0 fully saturated rings. The van der Waals surface area contributed by atoms with Crippen LogP contribution >= 0.6 is 0 Å². The van der Waals surface area contributed by atoms with Crippen LogP contribution in [0.15, 0.2) is 40.7 Å². The second-order valence-electron chi connectivity index (χ2n) is 8.48. The lowest BCUT2D eigenvalue weighted by molar-refractivity contribution is -0.151. The number of rotatable bonds is 9. The summed E-state index contributed by atoms with van der Waals surface area (Å²) in [4.78, 5) is 39.7. The molecule has 0 aromatic heterocycles. The third-order valence-electron chi connectivity index (χ3n) is 6.38. The minimum atomic E-state index is -0.978. The van der Waals surface area contributed by atoms with E-state index in [1.165, 1.54) is 21.3 Å². The zero-order valence-corrected chi connectivity index (χ0v) is 21.1. The molecule has 0 bridgehead atoms. The largest absolute Gasteiger partial charge is 0.497 e. The van der Waals surface area contributed by atoms with Crippen LogP contribution in [0.4, 0.5) is 0 Å². The zero-order valence-electron chi connectivity index (χ0n) is 21.1. The van der Waals surface area contributed by atoms with Crippen LogP contribution in [0.25, 0.3) is 0 Å². The molecule has 190 valence electrons. The lowest BCUT2D eigenvalue weighted by Gasteiger charge is -2.38. The van der Waals surface area contributed by atoms with Crippen molar-refractivity contribution in [2.45, 2.75) is 33.1 Å². The molecule has 2 aliphatic rings. The van der Waals surface area contributed by atoms with E-state index in [1.54, 1.807) is 25.1 Å². The highest BCUT2D eigenvalue weighted by Crippen LogP contribution is 2.48. The van der Waals surface area contributed by atoms with Gasteiger partial charge >= 0.3 is 11.9 Å². The van der Waals surface area contributed by atoms with Crippen molar-refractivity contribution in [2.24, 2.45) is 11.8 Å². The summed E-state index contributed by atoms with van der Waals surface area (Å²) in [6, 6.07) is 5.19. The molecule has 1 aromatic rings. The molecule has 0 saturated carbocycles. The smallest absolute Gasteiger partial charge is 0.336 e. The third-order valence-corrected chi connectivity index (χ3v) is 6.38. The van der Waals surface area contributed by atoms with Gasteiger partial charge in [-0.2, -0.15) is 0 Å². The predicted molar refractivity (Wildman–Crippen MR) is 127 cm³/mol. The van der Waals surface area contributed by atoms with Crippen LogP contribution in [0.1, 0.15) is 38.7 Å². The number of hydrogen-bond acceptors (Lipinski definition) is 9. The van der Waals surface area contributed by atoms with Gasteiger partial charge in [0.05, 0.1) is 39.4 Å². The van der Waals surface area contributed by atoms with E-state index in [-0.39, 0.29) is 30.5 Å². The van der Waals surface area contributed by atoms with Crippen LogP contribution in [0.5, 0.6) is 11.5 Å². The Morgan fingerprint density at radius 1 is 1.11 bits per heavy atom. The van der Waals surface area contributed by atoms with Gasteiger partial charge in [0.15, 0.2) is 5.78 Å². The van der Waals surface area contributed by atoms with E-state index in [2.05, 4.69) is 5.32 Å². The van der Waals surface area contributed by atoms with Crippen molar-refractivity contribution in [3.63, 3.8) is 0 Å². The first kappa shape index (κ1) is 26.3. The summed E-state index contributed by atoms with van der Waals surface area (Å²) in [5.41, 5.74) is 2.38. The topological polar surface area (TPSA) is 109 Å². The van der Waals surface area contributed by atoms with Crippen LogP contribution in [-0.4, -0.2) is 58.9 Å². The molecule has 0 saturated heterocycles. The Bertz CT molecular complexity index is 1060. The van der Waals surface area contributed by atoms with Gasteiger partial charge in [-0.1, -0.05) is 6.92 Å². The van der Waals surface area contributed by atoms with E-state index in [0.29, 0.717) is 47.1 Å². The summed E-state index contributed by atoms with van der Waals surface area (Å²) >= 11 is 0. The third kappa shape index (κ3) is 5.19. The molecular weight excluding hydrogens is 454 g/mol. The van der Waals surface area contributed by atoms with Crippen molar-refractivity contribution < 1.29 is 38.1 Å². The molecule has 0 unspecified atom stereocenters. The number of dihydropyridines is 1. The Hall–Kier alpha value is -3.33. The average molecular weight is 488 g/mol. The van der Waals surface area contributed by atoms with Crippen molar-refractivity contribution in [3.05, 3.63) is 46.3 Å². The van der Waals surface area contributed by atoms with Gasteiger partial charge in [-0.3, -0.25) is 9.59 Å². The lowest BCUT2D eigenvalue weighted by Crippen LogP contribution is -2.43. The van der Waals surface area contributed by atoms with Crippen molar-refractivity contribution in [1.82, 2.24) is 5.32 Å². The maximum atomic E-state index is 13.8. The zero-order chi connectivity index (χ0) is 25.7. The number of carbonyl (C=O) groups is 3. The van der Waals surface area contributed by atoms with E-state index in [1.807, 2.05) is 13.8 Å². The number of benzene rings is 1. The molecule has 35 heavy (non-hydrogen) atoms. The number of ether oxygens (including phenoxy) is 5. The second kappa shape index (κ2) is 11.4. The van der Waals surface area contributed by atoms with Gasteiger partial charge in [0, 0.05) is 29.1 Å². The molecule has 0 radical (unpaired) electrons. The quantitative estimate of drug-likeness (QED) is 0.319. The van der Waals surface area contributed by atoms with Gasteiger partial charge in [0.2, 0.25) is 0 Å². The molecule has 9 heteroatoms. The highest BCUT2D eigenvalue weighted by molar-refractivity contribution is 6.12. The Morgan fingerprint density at radius 3 is 2.49 bits per heavy atom. The molecule has 3 rings (SSSR count). The Balaban J connectivity index is 2.17. The average Bonchev–Trinajstić information content (AvgIpc) is 2.84. The van der Waals surface area contributed by atoms with Crippen molar-refractivity contribution in [1.29, 1.82) is 0 Å². The summed E-state index contributed by atoms with van der Waals surface area (Å²) in [5, 5.41) is 3.24. The number of nitrogens with one attached hydrogen (secondary N) is 1. The summed E-state index contributed by atoms with van der Waals surface area (Å²) in [6.45, 7) is 6.28. The molecule has 0 amide bonds. The first-order chi connectivity index (χ1) is 16.8. The molecular formula is C26H33NO8. The number of esters is 2. The van der Waals surface area contributed by atoms with Crippen molar-refractivity contribution in [3.8, 4) is 11.5 Å². The first-order valence-electron chi connectivity index (χ1n) is 11.6. The fourth-order valence-electron chi connectivity index (χ4n) is 4.74. The minimum absolute atomic E-state index is 0.0626. The number of allylic oxidation sites excluding steroid dienone is 3. The Morgan fingerprint density at radius 2 is 1.86 bits per heavy atom. The number of hydrogen-bond donors (Lipinski definition) is 1. The molecule has 1 aliphatic carbocycles. The molecule has 1 heterocycles. The standard InChI is InChI=1S/C26H33NO8/c1-7-34-10-11-35-26(30)21-15(3)27-18-12-14(2)20(25(29)33-6)24(28)23(18)22(21)17-13-16(31-4)8-9-19(17)32-5/h8-9,13-14,20,22,27H,7,10-12H2,1-6H3/t14-,20-,22+/m1/s1. The maximum absolute atomic E-state index is 13.8. The van der Waals surface area contributed by atoms with Gasteiger partial charge in [-0.25, -0.2) is 4.79 Å². The summed E-state index contributed by atoms with van der Waals surface area (Å²) in [7, 11) is 4.31. The van der Waals surface area contributed by atoms with Gasteiger partial charge in [0.25, 0.3) is 0 Å². The summed E-state index contributed by atoms with van der Waals surface area (Å²) < 4.78 is 26.8. The highest BCUT2D eigenvalue weighted by Gasteiger charge is 2.48. The van der Waals surface area contributed by atoms with Crippen LogP contribution in [-0.2, 0) is 28.6 Å². The monoisotopic (exact) mass is 487 g/mol. The molecule has 9 nitrogen and oxygen atoms in total. The van der Waals surface area contributed by atoms with Crippen LogP contribution in [0.3, 0.4) is 0 Å². The van der Waals surface area contributed by atoms with Gasteiger partial charge in [-0.05, 0) is 44.4 Å². The molecule has 1 aliphatic heterocycles. The highest BCUT2D eigenvalue weighted by atomic mass is 16.6. The SMILES string of the molecule is CCOCCOC(=O)C1=C(C)NC2=C(C(=O)[C@H](C(=O)OC)[C@H](C)C2)[C@H]1c1cc(OC)ccc1OC. The van der Waals surface area contributed by atoms with Crippen LogP contribution in [0.2, 0.25) is 0 Å². The van der Waals surface area contributed by atoms with E-state index in [9.17, 15) is 14.4 Å². The summed E-state index contributed by atoms with van der Waals surface area (Å²) in [6.07, 6.45) is 0.438. The second-order valence-corrected chi connectivity index (χ2v) is 8.48. The Kier molecular flexibility index (Phi) is 8.56. The maximum Gasteiger partial charge on any atom is 0.336 e. The van der Waals surface area contributed by atoms with E-state index in [4.69, 9.17) is 23.7 Å². The molecule has 1 N–H and O–H groups in total. The molecule has 0 spiro atoms. The fourth-order valence-corrected chi connectivity index (χ4v) is 4.74. The minimum Gasteiger partial charge on any atom is -0.497 e. The number of ketones is 1. The molecule has 3 atom stereocenters. The van der Waals surface area contributed by atoms with Crippen LogP contribution in [0, 0.1) is 11.8 Å². The molecule has 1 aromatic carbocycles. The van der Waals surface area contributed by atoms with Crippen molar-refractivity contribution >= 4 is 17.7 Å². The predicted octanol–water partition coefficient (Wildman–Crippen LogP) is 2.90. The van der Waals surface area contributed by atoms with E-state index < -0.39 is 23.8 Å². The first-order valence-corrected chi connectivity index (χ1v) is 11.6.